The number of pyridine rings is 1. The van der Waals surface area contributed by atoms with Crippen molar-refractivity contribution in [1.82, 2.24) is 24.7 Å². The minimum atomic E-state index is 0.605. The highest BCUT2D eigenvalue weighted by molar-refractivity contribution is 5.82. The van der Waals surface area contributed by atoms with Gasteiger partial charge in [0.25, 0.3) is 0 Å². The van der Waals surface area contributed by atoms with Gasteiger partial charge in [-0.1, -0.05) is 0 Å². The first-order valence-corrected chi connectivity index (χ1v) is 9.67. The Morgan fingerprint density at radius 2 is 1.92 bits per heavy atom. The molecule has 4 heterocycles. The average molecular weight is 342 g/mol. The molecule has 5 heteroatoms. The zero-order valence-corrected chi connectivity index (χ0v) is 16.0. The third kappa shape index (κ3) is 3.09. The maximum absolute atomic E-state index is 4.90. The third-order valence-electron chi connectivity index (χ3n) is 6.02. The highest BCUT2D eigenvalue weighted by Gasteiger charge is 2.26. The fourth-order valence-corrected chi connectivity index (χ4v) is 4.61. The number of rotatable bonds is 3. The number of aromatic nitrogens is 2. The van der Waals surface area contributed by atoms with Crippen LogP contribution in [0.25, 0.3) is 11.0 Å². The molecule has 0 amide bonds. The number of hydrogen-bond acceptors (Lipinski definition) is 4. The summed E-state index contributed by atoms with van der Waals surface area (Å²) in [7, 11) is 2.21. The van der Waals surface area contributed by atoms with Crippen molar-refractivity contribution in [2.45, 2.75) is 52.4 Å². The molecule has 2 aliphatic heterocycles. The topological polar surface area (TPSA) is 36.3 Å². The van der Waals surface area contributed by atoms with Crippen LogP contribution in [0, 0.1) is 6.92 Å². The molecule has 4 rings (SSSR count). The van der Waals surface area contributed by atoms with Crippen LogP contribution in [0.3, 0.4) is 0 Å². The van der Waals surface area contributed by atoms with Crippen LogP contribution in [-0.2, 0) is 19.5 Å². The van der Waals surface area contributed by atoms with Crippen molar-refractivity contribution >= 4 is 11.0 Å². The standard InChI is InChI=1S/C20H31N5/c1-14-5-6-19-20(22-14)17-13-23(4)8-7-18(17)25(19)10-9-24-15(2)11-21-12-16(24)3/h5-6,15-16,21H,7-13H2,1-4H3/t15-,16-/m1/s1. The lowest BCUT2D eigenvalue weighted by molar-refractivity contribution is 0.112. The van der Waals surface area contributed by atoms with E-state index < -0.39 is 0 Å². The van der Waals surface area contributed by atoms with Crippen molar-refractivity contribution in [1.29, 1.82) is 0 Å². The molecule has 2 aromatic rings. The number of hydrogen-bond donors (Lipinski definition) is 1. The average Bonchev–Trinajstić information content (AvgIpc) is 2.87. The van der Waals surface area contributed by atoms with E-state index in [0.717, 1.165) is 51.4 Å². The molecule has 136 valence electrons. The minimum Gasteiger partial charge on any atom is -0.342 e. The Morgan fingerprint density at radius 1 is 1.16 bits per heavy atom. The van der Waals surface area contributed by atoms with Crippen molar-refractivity contribution in [2.24, 2.45) is 0 Å². The Kier molecular flexibility index (Phi) is 4.56. The summed E-state index contributed by atoms with van der Waals surface area (Å²) in [5.74, 6) is 0. The highest BCUT2D eigenvalue weighted by Crippen LogP contribution is 2.29. The zero-order valence-electron chi connectivity index (χ0n) is 16.0. The molecule has 0 bridgehead atoms. The first-order chi connectivity index (χ1) is 12.0. The van der Waals surface area contributed by atoms with Crippen molar-refractivity contribution in [2.75, 3.05) is 33.2 Å². The number of aryl methyl sites for hydroxylation is 1. The lowest BCUT2D eigenvalue weighted by Gasteiger charge is -2.39. The summed E-state index contributed by atoms with van der Waals surface area (Å²) in [5, 5.41) is 3.53. The van der Waals surface area contributed by atoms with Crippen LogP contribution >= 0.6 is 0 Å². The maximum Gasteiger partial charge on any atom is 0.0932 e. The molecule has 0 aromatic carbocycles. The molecule has 1 saturated heterocycles. The second kappa shape index (κ2) is 6.71. The quantitative estimate of drug-likeness (QED) is 0.927. The van der Waals surface area contributed by atoms with Crippen molar-refractivity contribution < 1.29 is 0 Å². The lowest BCUT2D eigenvalue weighted by atomic mass is 10.1. The molecular formula is C20H31N5. The van der Waals surface area contributed by atoms with Crippen LogP contribution < -0.4 is 5.32 Å². The smallest absolute Gasteiger partial charge is 0.0932 e. The van der Waals surface area contributed by atoms with Crippen LogP contribution in [0.15, 0.2) is 12.1 Å². The van der Waals surface area contributed by atoms with E-state index in [9.17, 15) is 0 Å². The summed E-state index contributed by atoms with van der Waals surface area (Å²) in [6, 6.07) is 5.64. The molecule has 25 heavy (non-hydrogen) atoms. The number of fused-ring (bicyclic) bond motifs is 3. The van der Waals surface area contributed by atoms with E-state index in [1.165, 1.54) is 22.3 Å². The van der Waals surface area contributed by atoms with Crippen LogP contribution in [-0.4, -0.2) is 64.7 Å². The monoisotopic (exact) mass is 341 g/mol. The van der Waals surface area contributed by atoms with Gasteiger partial charge in [0.15, 0.2) is 0 Å². The van der Waals surface area contributed by atoms with Gasteiger partial charge in [0.1, 0.15) is 0 Å². The fourth-order valence-electron chi connectivity index (χ4n) is 4.61. The molecule has 5 nitrogen and oxygen atoms in total. The van der Waals surface area contributed by atoms with Gasteiger partial charge in [0.05, 0.1) is 11.0 Å². The zero-order chi connectivity index (χ0) is 17.6. The van der Waals surface area contributed by atoms with Crippen LogP contribution in [0.4, 0.5) is 0 Å². The van der Waals surface area contributed by atoms with Crippen molar-refractivity contribution in [3.8, 4) is 0 Å². The van der Waals surface area contributed by atoms with Gasteiger partial charge >= 0.3 is 0 Å². The van der Waals surface area contributed by atoms with E-state index in [1.54, 1.807) is 0 Å². The van der Waals surface area contributed by atoms with Crippen molar-refractivity contribution in [3.05, 3.63) is 29.1 Å². The normalized spacial score (nSPS) is 25.4. The van der Waals surface area contributed by atoms with Gasteiger partial charge in [-0.05, 0) is 40.0 Å². The summed E-state index contributed by atoms with van der Waals surface area (Å²) in [6.45, 7) is 13.3. The van der Waals surface area contributed by atoms with E-state index in [2.05, 4.69) is 59.6 Å². The van der Waals surface area contributed by atoms with E-state index in [4.69, 9.17) is 4.98 Å². The molecule has 1 N–H and O–H groups in total. The van der Waals surface area contributed by atoms with E-state index in [1.807, 2.05) is 0 Å². The van der Waals surface area contributed by atoms with E-state index in [0.29, 0.717) is 12.1 Å². The van der Waals surface area contributed by atoms with Crippen LogP contribution in [0.5, 0.6) is 0 Å². The summed E-state index contributed by atoms with van der Waals surface area (Å²) in [6.07, 6.45) is 1.13. The molecule has 0 unspecified atom stereocenters. The summed E-state index contributed by atoms with van der Waals surface area (Å²) in [5.41, 5.74) is 6.63. The SMILES string of the molecule is Cc1ccc2c(n1)c1c(n2CCN2[C@H](C)CNC[C@H]2C)CCN(C)C1. The Morgan fingerprint density at radius 3 is 2.68 bits per heavy atom. The summed E-state index contributed by atoms with van der Waals surface area (Å²) >= 11 is 0. The van der Waals surface area contributed by atoms with Gasteiger partial charge in [-0.2, -0.15) is 0 Å². The Hall–Kier alpha value is -1.43. The van der Waals surface area contributed by atoms with Gasteiger partial charge in [0.2, 0.25) is 0 Å². The molecule has 2 atom stereocenters. The Balaban J connectivity index is 1.67. The number of nitrogens with zero attached hydrogens (tertiary/aromatic N) is 4. The molecular weight excluding hydrogens is 310 g/mol. The molecule has 1 fully saturated rings. The number of nitrogens with one attached hydrogen (secondary N) is 1. The van der Waals surface area contributed by atoms with E-state index in [-0.39, 0.29) is 0 Å². The van der Waals surface area contributed by atoms with Gasteiger partial charge < -0.3 is 14.8 Å². The predicted octanol–water partition coefficient (Wildman–Crippen LogP) is 2.01. The molecule has 0 aliphatic carbocycles. The lowest BCUT2D eigenvalue weighted by Crippen LogP contribution is -2.55. The summed E-state index contributed by atoms with van der Waals surface area (Å²) in [4.78, 5) is 9.97. The second-order valence-electron chi connectivity index (χ2n) is 7.98. The van der Waals surface area contributed by atoms with Gasteiger partial charge in [-0.25, -0.2) is 0 Å². The molecule has 0 spiro atoms. The number of likely N-dealkylation sites (N-methyl/N-ethyl adjacent to an activating group) is 1. The second-order valence-corrected chi connectivity index (χ2v) is 7.98. The fraction of sp³-hybridized carbons (Fsp3) is 0.650. The third-order valence-corrected chi connectivity index (χ3v) is 6.02. The largest absolute Gasteiger partial charge is 0.342 e. The molecule has 2 aliphatic rings. The van der Waals surface area contributed by atoms with Gasteiger partial charge in [-0.3, -0.25) is 9.88 Å². The van der Waals surface area contributed by atoms with Crippen LogP contribution in [0.1, 0.15) is 30.8 Å². The first-order valence-electron chi connectivity index (χ1n) is 9.67. The maximum atomic E-state index is 4.90. The molecule has 0 saturated carbocycles. The molecule has 2 aromatic heterocycles. The van der Waals surface area contributed by atoms with Crippen molar-refractivity contribution in [3.63, 3.8) is 0 Å². The Bertz CT molecular complexity index is 755. The predicted molar refractivity (Wildman–Crippen MR) is 103 cm³/mol. The minimum absolute atomic E-state index is 0.605. The summed E-state index contributed by atoms with van der Waals surface area (Å²) < 4.78 is 2.56. The number of piperazine rings is 1. The highest BCUT2D eigenvalue weighted by atomic mass is 15.3. The first kappa shape index (κ1) is 17.0. The van der Waals surface area contributed by atoms with Crippen LogP contribution in [0.2, 0.25) is 0 Å². The van der Waals surface area contributed by atoms with Gasteiger partial charge in [-0.15, -0.1) is 0 Å². The molecule has 0 radical (unpaired) electrons. The van der Waals surface area contributed by atoms with E-state index >= 15 is 0 Å². The Labute approximate surface area is 151 Å². The van der Waals surface area contributed by atoms with Gasteiger partial charge in [0, 0.05) is 74.7 Å².